The van der Waals surface area contributed by atoms with Gasteiger partial charge in [0.25, 0.3) is 17.5 Å². The molecule has 1 atom stereocenters. The first-order valence-corrected chi connectivity index (χ1v) is 10.4. The van der Waals surface area contributed by atoms with E-state index in [1.54, 1.807) is 10.6 Å². The van der Waals surface area contributed by atoms with E-state index in [0.717, 1.165) is 31.4 Å². The molecule has 1 aromatic carbocycles. The van der Waals surface area contributed by atoms with Crippen molar-refractivity contribution < 1.29 is 41.8 Å². The van der Waals surface area contributed by atoms with Crippen molar-refractivity contribution in [3.8, 4) is 17.2 Å². The van der Waals surface area contributed by atoms with Gasteiger partial charge in [-0.1, -0.05) is 19.3 Å². The number of carbonyl (C=O) groups is 3. The third-order valence-corrected chi connectivity index (χ3v) is 5.92. The van der Waals surface area contributed by atoms with Gasteiger partial charge >= 0.3 is 12.2 Å². The molecule has 12 heteroatoms. The van der Waals surface area contributed by atoms with Gasteiger partial charge in [0.15, 0.2) is 11.5 Å². The van der Waals surface area contributed by atoms with Crippen LogP contribution in [-0.4, -0.2) is 62.5 Å². The van der Waals surface area contributed by atoms with Crippen LogP contribution in [0.5, 0.6) is 17.2 Å². The standard InChI is InChI=1S/C21H26F3N3O6/c1-31-14-9-13(10-15(32-2)16(14)33-3)17(28)25-20(21(22,23)24)18(29)27(19(30)26-20)11-12-7-5-4-6-8-12/h9-10,12H,4-8,11H2,1-3H3,(H,25,28)(H,26,30). The van der Waals surface area contributed by atoms with E-state index in [1.807, 2.05) is 0 Å². The van der Waals surface area contributed by atoms with Crippen LogP contribution in [0.15, 0.2) is 12.1 Å². The maximum atomic E-state index is 14.1. The smallest absolute Gasteiger partial charge is 0.440 e. The molecule has 4 amide bonds. The van der Waals surface area contributed by atoms with Gasteiger partial charge in [0.05, 0.1) is 21.3 Å². The molecule has 1 aliphatic heterocycles. The Hall–Kier alpha value is -3.18. The lowest BCUT2D eigenvalue weighted by Crippen LogP contribution is -2.69. The summed E-state index contributed by atoms with van der Waals surface area (Å²) in [5, 5.41) is 3.37. The predicted molar refractivity (Wildman–Crippen MR) is 109 cm³/mol. The van der Waals surface area contributed by atoms with Crippen molar-refractivity contribution in [3.63, 3.8) is 0 Å². The lowest BCUT2D eigenvalue weighted by atomic mass is 9.89. The van der Waals surface area contributed by atoms with Gasteiger partial charge in [-0.3, -0.25) is 19.8 Å². The molecular weight excluding hydrogens is 447 g/mol. The van der Waals surface area contributed by atoms with E-state index in [1.165, 1.54) is 21.3 Å². The Morgan fingerprint density at radius 3 is 2.15 bits per heavy atom. The van der Waals surface area contributed by atoms with E-state index in [4.69, 9.17) is 14.2 Å². The number of carbonyl (C=O) groups excluding carboxylic acids is 3. The lowest BCUT2D eigenvalue weighted by Gasteiger charge is -2.30. The minimum atomic E-state index is -5.29. The Bertz CT molecular complexity index is 907. The van der Waals surface area contributed by atoms with Gasteiger partial charge in [-0.05, 0) is 30.9 Å². The maximum Gasteiger partial charge on any atom is 0.440 e. The number of imide groups is 1. The molecule has 33 heavy (non-hydrogen) atoms. The lowest BCUT2D eigenvalue weighted by molar-refractivity contribution is -0.200. The molecule has 0 spiro atoms. The van der Waals surface area contributed by atoms with Gasteiger partial charge < -0.3 is 19.5 Å². The Morgan fingerprint density at radius 1 is 1.09 bits per heavy atom. The number of halogens is 3. The first kappa shape index (κ1) is 24.5. The Morgan fingerprint density at radius 2 is 1.67 bits per heavy atom. The number of hydrogen-bond acceptors (Lipinski definition) is 6. The zero-order chi connectivity index (χ0) is 24.4. The number of nitrogens with one attached hydrogen (secondary N) is 2. The summed E-state index contributed by atoms with van der Waals surface area (Å²) in [6, 6.07) is 1.08. The van der Waals surface area contributed by atoms with Gasteiger partial charge in [-0.25, -0.2) is 4.79 Å². The zero-order valence-electron chi connectivity index (χ0n) is 18.5. The number of nitrogens with zero attached hydrogens (tertiary/aromatic N) is 1. The average Bonchev–Trinajstić information content (AvgIpc) is 3.03. The van der Waals surface area contributed by atoms with E-state index < -0.39 is 29.7 Å². The van der Waals surface area contributed by atoms with Gasteiger partial charge in [0, 0.05) is 12.1 Å². The molecule has 2 aliphatic rings. The maximum absolute atomic E-state index is 14.1. The number of amides is 4. The van der Waals surface area contributed by atoms with Crippen molar-refractivity contribution in [2.75, 3.05) is 27.9 Å². The summed E-state index contributed by atoms with van der Waals surface area (Å²) >= 11 is 0. The Kier molecular flexibility index (Phi) is 6.94. The highest BCUT2D eigenvalue weighted by Gasteiger charge is 2.69. The van der Waals surface area contributed by atoms with E-state index in [0.29, 0.717) is 17.7 Å². The molecule has 1 saturated carbocycles. The fourth-order valence-corrected chi connectivity index (χ4v) is 4.17. The summed E-state index contributed by atoms with van der Waals surface area (Å²) in [6.45, 7) is -0.136. The first-order valence-electron chi connectivity index (χ1n) is 10.4. The molecular formula is C21H26F3N3O6. The fraction of sp³-hybridized carbons (Fsp3) is 0.571. The minimum absolute atomic E-state index is 0.0313. The molecule has 1 aromatic rings. The normalized spacial score (nSPS) is 21.6. The number of hydrogen-bond donors (Lipinski definition) is 2. The summed E-state index contributed by atoms with van der Waals surface area (Å²) in [5.74, 6) is -2.71. The third-order valence-electron chi connectivity index (χ3n) is 5.92. The number of alkyl halides is 3. The minimum Gasteiger partial charge on any atom is -0.493 e. The largest absolute Gasteiger partial charge is 0.493 e. The Labute approximate surface area is 188 Å². The predicted octanol–water partition coefficient (Wildman–Crippen LogP) is 2.83. The van der Waals surface area contributed by atoms with E-state index in [2.05, 4.69) is 0 Å². The van der Waals surface area contributed by atoms with Crippen LogP contribution in [0.4, 0.5) is 18.0 Å². The summed E-state index contributed by atoms with van der Waals surface area (Å²) < 4.78 is 57.8. The monoisotopic (exact) mass is 473 g/mol. The Balaban J connectivity index is 1.92. The van der Waals surface area contributed by atoms with Crippen molar-refractivity contribution in [2.45, 2.75) is 43.9 Å². The molecule has 1 unspecified atom stereocenters. The average molecular weight is 473 g/mol. The quantitative estimate of drug-likeness (QED) is 0.590. The van der Waals surface area contributed by atoms with Crippen molar-refractivity contribution in [3.05, 3.63) is 17.7 Å². The highest BCUT2D eigenvalue weighted by molar-refractivity contribution is 6.10. The van der Waals surface area contributed by atoms with Gasteiger partial charge in [-0.15, -0.1) is 0 Å². The second kappa shape index (κ2) is 9.36. The number of methoxy groups -OCH3 is 3. The second-order valence-electron chi connectivity index (χ2n) is 7.97. The van der Waals surface area contributed by atoms with E-state index >= 15 is 0 Å². The van der Waals surface area contributed by atoms with Gasteiger partial charge in [0.2, 0.25) is 5.75 Å². The molecule has 0 bridgehead atoms. The summed E-state index contributed by atoms with van der Waals surface area (Å²) in [5.41, 5.74) is -3.88. The van der Waals surface area contributed by atoms with Crippen LogP contribution in [0.3, 0.4) is 0 Å². The van der Waals surface area contributed by atoms with Crippen LogP contribution in [0, 0.1) is 5.92 Å². The van der Waals surface area contributed by atoms with Crippen molar-refractivity contribution >= 4 is 17.8 Å². The zero-order valence-corrected chi connectivity index (χ0v) is 18.5. The van der Waals surface area contributed by atoms with Crippen LogP contribution >= 0.6 is 0 Å². The summed E-state index contributed by atoms with van der Waals surface area (Å²) in [4.78, 5) is 38.7. The molecule has 1 heterocycles. The van der Waals surface area contributed by atoms with E-state index in [-0.39, 0.29) is 35.3 Å². The van der Waals surface area contributed by atoms with Crippen LogP contribution in [0.25, 0.3) is 0 Å². The molecule has 2 fully saturated rings. The molecule has 182 valence electrons. The summed E-state index contributed by atoms with van der Waals surface area (Å²) in [7, 11) is 3.88. The SMILES string of the molecule is COc1cc(C(=O)NC2(C(F)(F)F)NC(=O)N(CC3CCCCC3)C2=O)cc(OC)c1OC. The van der Waals surface area contributed by atoms with Crippen molar-refractivity contribution in [1.82, 2.24) is 15.5 Å². The highest BCUT2D eigenvalue weighted by Crippen LogP contribution is 2.39. The number of rotatable bonds is 7. The number of ether oxygens (including phenoxy) is 3. The topological polar surface area (TPSA) is 106 Å². The molecule has 0 radical (unpaired) electrons. The second-order valence-corrected chi connectivity index (χ2v) is 7.97. The van der Waals surface area contributed by atoms with Gasteiger partial charge in [0.1, 0.15) is 0 Å². The van der Waals surface area contributed by atoms with Crippen LogP contribution in [-0.2, 0) is 4.79 Å². The fourth-order valence-electron chi connectivity index (χ4n) is 4.17. The third kappa shape index (κ3) is 4.51. The molecule has 1 aliphatic carbocycles. The number of urea groups is 1. The molecule has 3 rings (SSSR count). The van der Waals surface area contributed by atoms with Crippen LogP contribution in [0.2, 0.25) is 0 Å². The van der Waals surface area contributed by atoms with Crippen molar-refractivity contribution in [2.24, 2.45) is 5.92 Å². The molecule has 2 N–H and O–H groups in total. The molecule has 0 aromatic heterocycles. The molecule has 1 saturated heterocycles. The van der Waals surface area contributed by atoms with Crippen molar-refractivity contribution in [1.29, 1.82) is 0 Å². The highest BCUT2D eigenvalue weighted by atomic mass is 19.4. The van der Waals surface area contributed by atoms with Gasteiger partial charge in [-0.2, -0.15) is 13.2 Å². The van der Waals surface area contributed by atoms with E-state index in [9.17, 15) is 27.6 Å². The number of benzene rings is 1. The van der Waals surface area contributed by atoms with Crippen LogP contribution in [0.1, 0.15) is 42.5 Å². The van der Waals surface area contributed by atoms with Crippen LogP contribution < -0.4 is 24.8 Å². The summed E-state index contributed by atoms with van der Waals surface area (Å²) in [6.07, 6.45) is -1.08. The first-order chi connectivity index (χ1) is 15.6. The molecule has 9 nitrogen and oxygen atoms in total.